The first-order valence-electron chi connectivity index (χ1n) is 9.05. The fourth-order valence-corrected chi connectivity index (χ4v) is 2.91. The van der Waals surface area contributed by atoms with Gasteiger partial charge in [0.2, 0.25) is 0 Å². The van der Waals surface area contributed by atoms with Crippen molar-refractivity contribution in [3.8, 4) is 0 Å². The van der Waals surface area contributed by atoms with Gasteiger partial charge in [-0.25, -0.2) is 0 Å². The molecule has 1 amide bonds. The zero-order chi connectivity index (χ0) is 17.5. The average Bonchev–Trinajstić information content (AvgIpc) is 2.61. The van der Waals surface area contributed by atoms with Gasteiger partial charge >= 0.3 is 0 Å². The summed E-state index contributed by atoms with van der Waals surface area (Å²) in [7, 11) is 0. The number of amides is 1. The number of hydrogen-bond donors (Lipinski definition) is 2. The van der Waals surface area contributed by atoms with Crippen molar-refractivity contribution in [2.24, 2.45) is 5.92 Å². The summed E-state index contributed by atoms with van der Waals surface area (Å²) in [5.41, 5.74) is 1.85. The minimum absolute atomic E-state index is 0.0756. The maximum Gasteiger partial charge on any atom is 0.251 e. The van der Waals surface area contributed by atoms with Crippen LogP contribution in [0.3, 0.4) is 0 Å². The average molecular weight is 333 g/mol. The van der Waals surface area contributed by atoms with E-state index >= 15 is 0 Å². The molecular formula is C19H31N3O2. The number of piperazine rings is 1. The highest BCUT2D eigenvalue weighted by Crippen LogP contribution is 2.17. The molecule has 24 heavy (non-hydrogen) atoms. The quantitative estimate of drug-likeness (QED) is 0.801. The van der Waals surface area contributed by atoms with Crippen molar-refractivity contribution < 1.29 is 9.90 Å². The van der Waals surface area contributed by atoms with Gasteiger partial charge in [0.1, 0.15) is 0 Å². The van der Waals surface area contributed by atoms with E-state index in [0.717, 1.165) is 32.7 Å². The van der Waals surface area contributed by atoms with E-state index in [1.807, 2.05) is 38.1 Å². The SMILES string of the molecule is CCN1CCN(c2ccc(C(=O)NCCC(O)C(C)C)cc2)CC1. The summed E-state index contributed by atoms with van der Waals surface area (Å²) >= 11 is 0. The van der Waals surface area contributed by atoms with E-state index in [4.69, 9.17) is 0 Å². The van der Waals surface area contributed by atoms with Crippen molar-refractivity contribution in [2.45, 2.75) is 33.3 Å². The highest BCUT2D eigenvalue weighted by molar-refractivity contribution is 5.94. The van der Waals surface area contributed by atoms with Crippen LogP contribution in [0.1, 0.15) is 37.6 Å². The Labute approximate surface area is 145 Å². The van der Waals surface area contributed by atoms with Crippen LogP contribution in [0.5, 0.6) is 0 Å². The topological polar surface area (TPSA) is 55.8 Å². The van der Waals surface area contributed by atoms with Crippen LogP contribution in [0.15, 0.2) is 24.3 Å². The number of rotatable bonds is 7. The van der Waals surface area contributed by atoms with Gasteiger partial charge < -0.3 is 20.2 Å². The minimum atomic E-state index is -0.366. The first-order valence-corrected chi connectivity index (χ1v) is 9.05. The van der Waals surface area contributed by atoms with E-state index < -0.39 is 0 Å². The molecule has 2 N–H and O–H groups in total. The van der Waals surface area contributed by atoms with Gasteiger partial charge in [0.15, 0.2) is 0 Å². The van der Waals surface area contributed by atoms with Gasteiger partial charge in [-0.2, -0.15) is 0 Å². The van der Waals surface area contributed by atoms with E-state index in [0.29, 0.717) is 18.5 Å². The summed E-state index contributed by atoms with van der Waals surface area (Å²) in [6.45, 7) is 12.0. The second-order valence-electron chi connectivity index (χ2n) is 6.82. The molecule has 5 heteroatoms. The van der Waals surface area contributed by atoms with Crippen molar-refractivity contribution in [1.29, 1.82) is 0 Å². The van der Waals surface area contributed by atoms with Crippen LogP contribution in [0.2, 0.25) is 0 Å². The zero-order valence-corrected chi connectivity index (χ0v) is 15.2. The fourth-order valence-electron chi connectivity index (χ4n) is 2.91. The lowest BCUT2D eigenvalue weighted by molar-refractivity contribution is 0.0920. The molecule has 0 radical (unpaired) electrons. The van der Waals surface area contributed by atoms with E-state index in [1.54, 1.807) is 0 Å². The summed E-state index contributed by atoms with van der Waals surface area (Å²) in [5, 5.41) is 12.6. The van der Waals surface area contributed by atoms with E-state index in [1.165, 1.54) is 5.69 Å². The van der Waals surface area contributed by atoms with Crippen molar-refractivity contribution in [3.63, 3.8) is 0 Å². The van der Waals surface area contributed by atoms with Gasteiger partial charge in [0.25, 0.3) is 5.91 Å². The number of carbonyl (C=O) groups excluding carboxylic acids is 1. The molecule has 1 unspecified atom stereocenters. The second kappa shape index (κ2) is 9.04. The van der Waals surface area contributed by atoms with Crippen LogP contribution in [-0.4, -0.2) is 61.3 Å². The molecule has 0 aromatic heterocycles. The molecule has 0 bridgehead atoms. The Kier molecular flexibility index (Phi) is 7.06. The molecule has 5 nitrogen and oxygen atoms in total. The number of nitrogens with one attached hydrogen (secondary N) is 1. The molecule has 1 atom stereocenters. The van der Waals surface area contributed by atoms with E-state index in [9.17, 15) is 9.90 Å². The normalized spacial score (nSPS) is 17.1. The largest absolute Gasteiger partial charge is 0.393 e. The molecule has 0 aliphatic carbocycles. The Hall–Kier alpha value is -1.59. The monoisotopic (exact) mass is 333 g/mol. The third kappa shape index (κ3) is 5.21. The van der Waals surface area contributed by atoms with Crippen LogP contribution >= 0.6 is 0 Å². The summed E-state index contributed by atoms with van der Waals surface area (Å²) in [5.74, 6) is 0.141. The highest BCUT2D eigenvalue weighted by atomic mass is 16.3. The summed E-state index contributed by atoms with van der Waals surface area (Å²) in [6.07, 6.45) is 0.220. The molecule has 1 aromatic carbocycles. The lowest BCUT2D eigenvalue weighted by atomic mass is 10.0. The Morgan fingerprint density at radius 3 is 2.33 bits per heavy atom. The molecule has 1 saturated heterocycles. The van der Waals surface area contributed by atoms with Gasteiger partial charge in [0, 0.05) is 44.0 Å². The molecule has 1 fully saturated rings. The molecule has 1 aliphatic heterocycles. The molecule has 0 spiro atoms. The van der Waals surface area contributed by atoms with Gasteiger partial charge in [0.05, 0.1) is 6.10 Å². The predicted octanol–water partition coefficient (Wildman–Crippen LogP) is 1.97. The smallest absolute Gasteiger partial charge is 0.251 e. The van der Waals surface area contributed by atoms with Gasteiger partial charge in [-0.15, -0.1) is 0 Å². The summed E-state index contributed by atoms with van der Waals surface area (Å²) in [6, 6.07) is 7.82. The van der Waals surface area contributed by atoms with Crippen LogP contribution in [0, 0.1) is 5.92 Å². The zero-order valence-electron chi connectivity index (χ0n) is 15.2. The standard InChI is InChI=1S/C19H31N3O2/c1-4-21-11-13-22(14-12-21)17-7-5-16(6-8-17)19(24)20-10-9-18(23)15(2)3/h5-8,15,18,23H,4,9-14H2,1-3H3,(H,20,24). The Balaban J connectivity index is 1.82. The number of carbonyl (C=O) groups is 1. The third-order valence-electron chi connectivity index (χ3n) is 4.81. The van der Waals surface area contributed by atoms with Crippen molar-refractivity contribution in [3.05, 3.63) is 29.8 Å². The summed E-state index contributed by atoms with van der Waals surface area (Å²) in [4.78, 5) is 17.0. The Morgan fingerprint density at radius 1 is 1.17 bits per heavy atom. The fraction of sp³-hybridized carbons (Fsp3) is 0.632. The van der Waals surface area contributed by atoms with Crippen LogP contribution in [0.25, 0.3) is 0 Å². The first kappa shape index (κ1) is 18.7. The minimum Gasteiger partial charge on any atom is -0.393 e. The molecule has 1 aromatic rings. The van der Waals surface area contributed by atoms with Gasteiger partial charge in [-0.1, -0.05) is 20.8 Å². The molecule has 0 saturated carbocycles. The lowest BCUT2D eigenvalue weighted by Gasteiger charge is -2.35. The maximum atomic E-state index is 12.2. The maximum absolute atomic E-state index is 12.2. The van der Waals surface area contributed by atoms with Gasteiger partial charge in [-0.3, -0.25) is 4.79 Å². The van der Waals surface area contributed by atoms with Gasteiger partial charge in [-0.05, 0) is 43.1 Å². The molecular weight excluding hydrogens is 302 g/mol. The second-order valence-corrected chi connectivity index (χ2v) is 6.82. The van der Waals surface area contributed by atoms with Crippen molar-refractivity contribution in [1.82, 2.24) is 10.2 Å². The van der Waals surface area contributed by atoms with E-state index in [2.05, 4.69) is 22.0 Å². The predicted molar refractivity (Wildman–Crippen MR) is 98.6 cm³/mol. The van der Waals surface area contributed by atoms with Crippen LogP contribution in [0.4, 0.5) is 5.69 Å². The number of anilines is 1. The van der Waals surface area contributed by atoms with Crippen LogP contribution < -0.4 is 10.2 Å². The van der Waals surface area contributed by atoms with Crippen LogP contribution in [-0.2, 0) is 0 Å². The molecule has 2 rings (SSSR count). The first-order chi connectivity index (χ1) is 11.5. The number of benzene rings is 1. The number of hydrogen-bond acceptors (Lipinski definition) is 4. The summed E-state index contributed by atoms with van der Waals surface area (Å²) < 4.78 is 0. The molecule has 134 valence electrons. The number of likely N-dealkylation sites (N-methyl/N-ethyl adjacent to an activating group) is 1. The number of aliphatic hydroxyl groups excluding tert-OH is 1. The lowest BCUT2D eigenvalue weighted by Crippen LogP contribution is -2.46. The van der Waals surface area contributed by atoms with Crippen molar-refractivity contribution >= 4 is 11.6 Å². The number of aliphatic hydroxyl groups is 1. The Bertz CT molecular complexity index is 508. The third-order valence-corrected chi connectivity index (χ3v) is 4.81. The highest BCUT2D eigenvalue weighted by Gasteiger charge is 2.16. The molecule has 1 heterocycles. The van der Waals surface area contributed by atoms with E-state index in [-0.39, 0.29) is 17.9 Å². The molecule has 1 aliphatic rings. The van der Waals surface area contributed by atoms with Crippen molar-refractivity contribution in [2.75, 3.05) is 44.2 Å². The number of nitrogens with zero attached hydrogens (tertiary/aromatic N) is 2. The Morgan fingerprint density at radius 2 is 1.79 bits per heavy atom.